The van der Waals surface area contributed by atoms with Crippen LogP contribution in [0.25, 0.3) is 11.1 Å². The molecule has 1 saturated heterocycles. The van der Waals surface area contributed by atoms with Gasteiger partial charge in [0.25, 0.3) is 0 Å². The number of halogens is 2. The van der Waals surface area contributed by atoms with Crippen molar-refractivity contribution in [3.8, 4) is 11.1 Å². The summed E-state index contributed by atoms with van der Waals surface area (Å²) in [7, 11) is 0. The fourth-order valence-electron chi connectivity index (χ4n) is 3.39. The van der Waals surface area contributed by atoms with Gasteiger partial charge in [0.1, 0.15) is 17.5 Å². The van der Waals surface area contributed by atoms with Crippen molar-refractivity contribution in [3.05, 3.63) is 48.2 Å². The molecule has 6 nitrogen and oxygen atoms in total. The van der Waals surface area contributed by atoms with E-state index in [0.717, 1.165) is 6.07 Å². The maximum absolute atomic E-state index is 13.3. The second-order valence-electron chi connectivity index (χ2n) is 6.93. The van der Waals surface area contributed by atoms with Gasteiger partial charge >= 0.3 is 0 Å². The molecule has 1 aliphatic rings. The Bertz CT molecular complexity index is 853. The second-order valence-corrected chi connectivity index (χ2v) is 6.93. The van der Waals surface area contributed by atoms with Gasteiger partial charge < -0.3 is 10.2 Å². The lowest BCUT2D eigenvalue weighted by Gasteiger charge is -2.39. The Morgan fingerprint density at radius 1 is 1.14 bits per heavy atom. The van der Waals surface area contributed by atoms with E-state index in [0.29, 0.717) is 36.6 Å². The Labute approximate surface area is 162 Å². The van der Waals surface area contributed by atoms with Gasteiger partial charge in [-0.3, -0.25) is 14.5 Å². The first-order valence-corrected chi connectivity index (χ1v) is 9.04. The summed E-state index contributed by atoms with van der Waals surface area (Å²) in [6.45, 7) is 5.57. The number of carbonyl (C=O) groups is 2. The van der Waals surface area contributed by atoms with Gasteiger partial charge in [-0.15, -0.1) is 0 Å². The fraction of sp³-hybridized carbons (Fsp3) is 0.350. The fourth-order valence-corrected chi connectivity index (χ4v) is 3.39. The number of amides is 2. The van der Waals surface area contributed by atoms with Crippen molar-refractivity contribution in [2.24, 2.45) is 0 Å². The number of benzene rings is 1. The molecule has 2 aromatic rings. The highest BCUT2D eigenvalue weighted by molar-refractivity contribution is 5.91. The van der Waals surface area contributed by atoms with Crippen LogP contribution in [-0.2, 0) is 9.59 Å². The molecule has 8 heteroatoms. The lowest BCUT2D eigenvalue weighted by atomic mass is 10.1. The van der Waals surface area contributed by atoms with E-state index >= 15 is 0 Å². The molecule has 1 unspecified atom stereocenters. The van der Waals surface area contributed by atoms with Crippen LogP contribution >= 0.6 is 0 Å². The number of anilines is 1. The lowest BCUT2D eigenvalue weighted by Crippen LogP contribution is -2.54. The summed E-state index contributed by atoms with van der Waals surface area (Å²) in [5.74, 6) is -1.13. The van der Waals surface area contributed by atoms with Crippen molar-refractivity contribution in [2.75, 3.05) is 31.5 Å². The van der Waals surface area contributed by atoms with Gasteiger partial charge in [-0.1, -0.05) is 0 Å². The SMILES string of the molecule is CC(=O)N1CCN(CC(=O)Nc2ccc(-c3cc(F)cc(F)c3)cn2)CC1C. The molecule has 0 radical (unpaired) electrons. The van der Waals surface area contributed by atoms with Gasteiger partial charge in [-0.05, 0) is 36.8 Å². The first kappa shape index (κ1) is 19.9. The van der Waals surface area contributed by atoms with Crippen LogP contribution in [0.5, 0.6) is 0 Å². The molecule has 0 spiro atoms. The van der Waals surface area contributed by atoms with Crippen LogP contribution in [0.1, 0.15) is 13.8 Å². The summed E-state index contributed by atoms with van der Waals surface area (Å²) in [4.78, 5) is 31.7. The third-order valence-corrected chi connectivity index (χ3v) is 4.71. The molecule has 148 valence electrons. The highest BCUT2D eigenvalue weighted by atomic mass is 19.1. The van der Waals surface area contributed by atoms with Crippen LogP contribution in [0.15, 0.2) is 36.5 Å². The molecule has 28 heavy (non-hydrogen) atoms. The molecule has 2 amide bonds. The molecule has 1 fully saturated rings. The number of rotatable bonds is 4. The van der Waals surface area contributed by atoms with Crippen LogP contribution in [-0.4, -0.2) is 58.8 Å². The second kappa shape index (κ2) is 8.43. The summed E-state index contributed by atoms with van der Waals surface area (Å²) in [6.07, 6.45) is 1.46. The summed E-state index contributed by atoms with van der Waals surface area (Å²) >= 11 is 0. The summed E-state index contributed by atoms with van der Waals surface area (Å²) in [5, 5.41) is 2.72. The largest absolute Gasteiger partial charge is 0.338 e. The van der Waals surface area contributed by atoms with Crippen molar-refractivity contribution in [1.82, 2.24) is 14.8 Å². The third kappa shape index (κ3) is 4.89. The Morgan fingerprint density at radius 2 is 1.86 bits per heavy atom. The van der Waals surface area contributed by atoms with E-state index in [4.69, 9.17) is 0 Å². The van der Waals surface area contributed by atoms with E-state index in [1.807, 2.05) is 11.8 Å². The summed E-state index contributed by atoms with van der Waals surface area (Å²) < 4.78 is 26.7. The number of carbonyl (C=O) groups excluding carboxylic acids is 2. The minimum atomic E-state index is -0.661. The van der Waals surface area contributed by atoms with E-state index in [1.54, 1.807) is 24.0 Å². The molecular weight excluding hydrogens is 366 g/mol. The van der Waals surface area contributed by atoms with Crippen molar-refractivity contribution in [1.29, 1.82) is 0 Å². The van der Waals surface area contributed by atoms with Crippen molar-refractivity contribution in [3.63, 3.8) is 0 Å². The molecule has 0 aliphatic carbocycles. The predicted octanol–water partition coefficient (Wildman–Crippen LogP) is 2.52. The quantitative estimate of drug-likeness (QED) is 0.874. The molecule has 2 heterocycles. The van der Waals surface area contributed by atoms with E-state index < -0.39 is 11.6 Å². The maximum atomic E-state index is 13.3. The van der Waals surface area contributed by atoms with Crippen molar-refractivity contribution in [2.45, 2.75) is 19.9 Å². The predicted molar refractivity (Wildman–Crippen MR) is 102 cm³/mol. The molecule has 1 aromatic carbocycles. The van der Waals surface area contributed by atoms with Gasteiger partial charge in [0, 0.05) is 50.4 Å². The Morgan fingerprint density at radius 3 is 2.43 bits per heavy atom. The molecule has 1 N–H and O–H groups in total. The van der Waals surface area contributed by atoms with Crippen molar-refractivity contribution < 1.29 is 18.4 Å². The van der Waals surface area contributed by atoms with Crippen LogP contribution in [0.4, 0.5) is 14.6 Å². The smallest absolute Gasteiger partial charge is 0.239 e. The van der Waals surface area contributed by atoms with E-state index in [9.17, 15) is 18.4 Å². The Kier molecular flexibility index (Phi) is 5.99. The minimum absolute atomic E-state index is 0.0408. The number of piperazine rings is 1. The topological polar surface area (TPSA) is 65.5 Å². The zero-order chi connectivity index (χ0) is 20.3. The average Bonchev–Trinajstić information content (AvgIpc) is 2.61. The van der Waals surface area contributed by atoms with Gasteiger partial charge in [0.15, 0.2) is 0 Å². The Hall–Kier alpha value is -2.87. The molecular formula is C20H22F2N4O2. The van der Waals surface area contributed by atoms with E-state index in [-0.39, 0.29) is 24.4 Å². The highest BCUT2D eigenvalue weighted by Gasteiger charge is 2.26. The van der Waals surface area contributed by atoms with Gasteiger partial charge in [-0.25, -0.2) is 13.8 Å². The van der Waals surface area contributed by atoms with Gasteiger partial charge in [-0.2, -0.15) is 0 Å². The van der Waals surface area contributed by atoms with E-state index in [1.165, 1.54) is 18.3 Å². The summed E-state index contributed by atoms with van der Waals surface area (Å²) in [5.41, 5.74) is 0.922. The van der Waals surface area contributed by atoms with E-state index in [2.05, 4.69) is 10.3 Å². The maximum Gasteiger partial charge on any atom is 0.239 e. The zero-order valence-electron chi connectivity index (χ0n) is 15.8. The highest BCUT2D eigenvalue weighted by Crippen LogP contribution is 2.22. The number of nitrogens with zero attached hydrogens (tertiary/aromatic N) is 3. The monoisotopic (exact) mass is 388 g/mol. The molecule has 1 aliphatic heterocycles. The molecule has 0 bridgehead atoms. The molecule has 1 atom stereocenters. The standard InChI is InChI=1S/C20H22F2N4O2/c1-13-11-25(5-6-26(13)14(2)27)12-20(28)24-19-4-3-15(10-23-19)16-7-17(21)9-18(22)8-16/h3-4,7-10,13H,5-6,11-12H2,1-2H3,(H,23,24,28). The molecule has 1 aromatic heterocycles. The molecule has 3 rings (SSSR count). The van der Waals surface area contributed by atoms with Crippen molar-refractivity contribution >= 4 is 17.6 Å². The zero-order valence-corrected chi connectivity index (χ0v) is 15.8. The third-order valence-electron chi connectivity index (χ3n) is 4.71. The van der Waals surface area contributed by atoms with Gasteiger partial charge in [0.05, 0.1) is 6.54 Å². The Balaban J connectivity index is 1.57. The summed E-state index contributed by atoms with van der Waals surface area (Å²) in [6, 6.07) is 6.54. The number of nitrogens with one attached hydrogen (secondary N) is 1. The van der Waals surface area contributed by atoms with Gasteiger partial charge in [0.2, 0.25) is 11.8 Å². The first-order chi connectivity index (χ1) is 13.3. The average molecular weight is 388 g/mol. The van der Waals surface area contributed by atoms with Crippen LogP contribution < -0.4 is 5.32 Å². The number of hydrogen-bond acceptors (Lipinski definition) is 4. The number of aromatic nitrogens is 1. The number of pyridine rings is 1. The lowest BCUT2D eigenvalue weighted by molar-refractivity contribution is -0.133. The normalized spacial score (nSPS) is 17.4. The van der Waals surface area contributed by atoms with Crippen LogP contribution in [0, 0.1) is 11.6 Å². The first-order valence-electron chi connectivity index (χ1n) is 9.04. The number of hydrogen-bond donors (Lipinski definition) is 1. The van der Waals surface area contributed by atoms with Crippen LogP contribution in [0.2, 0.25) is 0 Å². The molecule has 0 saturated carbocycles. The van der Waals surface area contributed by atoms with Crippen LogP contribution in [0.3, 0.4) is 0 Å². The minimum Gasteiger partial charge on any atom is -0.338 e.